The molecule has 2 amide bonds. The van der Waals surface area contributed by atoms with E-state index in [1.54, 1.807) is 42.5 Å². The fraction of sp³-hybridized carbons (Fsp3) is 0.0345. The van der Waals surface area contributed by atoms with Gasteiger partial charge in [-0.15, -0.1) is 0 Å². The Bertz CT molecular complexity index is 1790. The van der Waals surface area contributed by atoms with E-state index in [1.165, 1.54) is 31.4 Å². The number of hydrogen-bond donors (Lipinski definition) is 2. The highest BCUT2D eigenvalue weighted by atomic mass is 32.2. The standard InChI is InChI=1S/C29H22N2O6S/c1-36-28(32)24-18-21(30-29(33)31-25-14-6-10-19-8-2-4-12-22(19)25)16-17-26(24)37-38(34,35)27-15-7-11-20-9-3-5-13-23(20)27/h2-18H,1H3,(H2,30,31,33). The molecule has 0 aliphatic heterocycles. The lowest BCUT2D eigenvalue weighted by atomic mass is 10.1. The molecule has 2 N–H and O–H groups in total. The topological polar surface area (TPSA) is 111 Å². The van der Waals surface area contributed by atoms with Crippen LogP contribution in [0.5, 0.6) is 5.75 Å². The highest BCUT2D eigenvalue weighted by Crippen LogP contribution is 2.30. The molecule has 0 saturated carbocycles. The number of esters is 1. The molecule has 5 aromatic carbocycles. The molecule has 0 atom stereocenters. The summed E-state index contributed by atoms with van der Waals surface area (Å²) in [7, 11) is -3.14. The van der Waals surface area contributed by atoms with Crippen molar-refractivity contribution >= 4 is 55.0 Å². The van der Waals surface area contributed by atoms with E-state index in [0.29, 0.717) is 11.1 Å². The second-order valence-corrected chi connectivity index (χ2v) is 9.84. The van der Waals surface area contributed by atoms with Crippen molar-refractivity contribution in [3.63, 3.8) is 0 Å². The number of urea groups is 1. The number of benzene rings is 5. The summed E-state index contributed by atoms with van der Waals surface area (Å²) < 4.78 is 36.6. The Balaban J connectivity index is 1.42. The number of carbonyl (C=O) groups excluding carboxylic acids is 2. The van der Waals surface area contributed by atoms with Crippen LogP contribution in [0.3, 0.4) is 0 Å². The molecular formula is C29H22N2O6S. The van der Waals surface area contributed by atoms with Crippen molar-refractivity contribution in [1.82, 2.24) is 0 Å². The van der Waals surface area contributed by atoms with Gasteiger partial charge in [0.2, 0.25) is 0 Å². The van der Waals surface area contributed by atoms with Crippen LogP contribution in [0.4, 0.5) is 16.2 Å². The molecule has 0 fully saturated rings. The van der Waals surface area contributed by atoms with Gasteiger partial charge in [0, 0.05) is 16.5 Å². The number of anilines is 2. The van der Waals surface area contributed by atoms with Gasteiger partial charge in [0.15, 0.2) is 5.75 Å². The predicted molar refractivity (Wildman–Crippen MR) is 146 cm³/mol. The van der Waals surface area contributed by atoms with Gasteiger partial charge >= 0.3 is 22.1 Å². The molecule has 5 aromatic rings. The maximum absolute atomic E-state index is 13.2. The molecule has 0 saturated heterocycles. The molecular weight excluding hydrogens is 504 g/mol. The van der Waals surface area contributed by atoms with Gasteiger partial charge in [-0.3, -0.25) is 0 Å². The minimum absolute atomic E-state index is 0.0388. The lowest BCUT2D eigenvalue weighted by Crippen LogP contribution is -2.20. The molecule has 5 rings (SSSR count). The molecule has 0 bridgehead atoms. The quantitative estimate of drug-likeness (QED) is 0.202. The number of fused-ring (bicyclic) bond motifs is 2. The number of hydrogen-bond acceptors (Lipinski definition) is 6. The van der Waals surface area contributed by atoms with Gasteiger partial charge in [-0.25, -0.2) is 9.59 Å². The van der Waals surface area contributed by atoms with Crippen LogP contribution < -0.4 is 14.8 Å². The highest BCUT2D eigenvalue weighted by Gasteiger charge is 2.24. The van der Waals surface area contributed by atoms with Crippen LogP contribution in [0, 0.1) is 0 Å². The van der Waals surface area contributed by atoms with Crippen LogP contribution >= 0.6 is 0 Å². The lowest BCUT2D eigenvalue weighted by Gasteiger charge is -2.14. The molecule has 8 nitrogen and oxygen atoms in total. The van der Waals surface area contributed by atoms with Crippen LogP contribution in [-0.4, -0.2) is 27.5 Å². The van der Waals surface area contributed by atoms with Gasteiger partial charge in [-0.1, -0.05) is 72.8 Å². The maximum Gasteiger partial charge on any atom is 0.341 e. The first-order chi connectivity index (χ1) is 18.4. The monoisotopic (exact) mass is 526 g/mol. The van der Waals surface area contributed by atoms with Crippen molar-refractivity contribution in [3.8, 4) is 5.75 Å². The van der Waals surface area contributed by atoms with Crippen molar-refractivity contribution in [2.75, 3.05) is 17.7 Å². The van der Waals surface area contributed by atoms with Gasteiger partial charge in [-0.2, -0.15) is 8.42 Å². The molecule has 0 aliphatic carbocycles. The fourth-order valence-electron chi connectivity index (χ4n) is 4.15. The number of carbonyl (C=O) groups is 2. The first kappa shape index (κ1) is 24.8. The first-order valence-electron chi connectivity index (χ1n) is 11.6. The second-order valence-electron chi connectivity index (χ2n) is 8.32. The van der Waals surface area contributed by atoms with Crippen LogP contribution in [0.25, 0.3) is 21.5 Å². The second kappa shape index (κ2) is 10.2. The molecule has 0 spiro atoms. The molecule has 38 heavy (non-hydrogen) atoms. The summed E-state index contributed by atoms with van der Waals surface area (Å²) in [6, 6.07) is 28.5. The smallest absolute Gasteiger partial charge is 0.341 e. The Morgan fingerprint density at radius 3 is 2.08 bits per heavy atom. The number of nitrogens with one attached hydrogen (secondary N) is 2. The van der Waals surface area contributed by atoms with Crippen LogP contribution in [-0.2, 0) is 14.9 Å². The molecule has 0 unspecified atom stereocenters. The number of methoxy groups -OCH3 is 1. The third-order valence-electron chi connectivity index (χ3n) is 5.90. The van der Waals surface area contributed by atoms with Crippen LogP contribution in [0.2, 0.25) is 0 Å². The molecule has 0 heterocycles. The van der Waals surface area contributed by atoms with Crippen molar-refractivity contribution in [3.05, 3.63) is 109 Å². The summed E-state index contributed by atoms with van der Waals surface area (Å²) in [4.78, 5) is 25.2. The Kier molecular flexibility index (Phi) is 6.68. The number of rotatable bonds is 6. The largest absolute Gasteiger partial charge is 0.465 e. The molecule has 0 aromatic heterocycles. The third kappa shape index (κ3) is 5.00. The zero-order valence-electron chi connectivity index (χ0n) is 20.2. The molecule has 0 aliphatic rings. The summed E-state index contributed by atoms with van der Waals surface area (Å²) in [5.74, 6) is -1.06. The van der Waals surface area contributed by atoms with Crippen LogP contribution in [0.1, 0.15) is 10.4 Å². The third-order valence-corrected chi connectivity index (χ3v) is 7.19. The SMILES string of the molecule is COC(=O)c1cc(NC(=O)Nc2cccc3ccccc23)ccc1OS(=O)(=O)c1cccc2ccccc12. The van der Waals surface area contributed by atoms with Crippen molar-refractivity contribution < 1.29 is 26.9 Å². The molecule has 9 heteroatoms. The zero-order chi connectivity index (χ0) is 26.7. The minimum Gasteiger partial charge on any atom is -0.465 e. The van der Waals surface area contributed by atoms with Gasteiger partial charge in [0.1, 0.15) is 10.5 Å². The number of ether oxygens (including phenoxy) is 1. The summed E-state index contributed by atoms with van der Waals surface area (Å²) >= 11 is 0. The van der Waals surface area contributed by atoms with E-state index in [4.69, 9.17) is 8.92 Å². The van der Waals surface area contributed by atoms with Crippen molar-refractivity contribution in [2.24, 2.45) is 0 Å². The van der Waals surface area contributed by atoms with E-state index in [2.05, 4.69) is 10.6 Å². The predicted octanol–water partition coefficient (Wildman–Crippen LogP) is 6.19. The Hall–Kier alpha value is -4.89. The minimum atomic E-state index is -4.31. The average molecular weight is 527 g/mol. The van der Waals surface area contributed by atoms with E-state index >= 15 is 0 Å². The fourth-order valence-corrected chi connectivity index (χ4v) is 5.32. The Labute approximate surface area is 218 Å². The molecule has 0 radical (unpaired) electrons. The van der Waals surface area contributed by atoms with Crippen LogP contribution in [0.15, 0.2) is 108 Å². The summed E-state index contributed by atoms with van der Waals surface area (Å²) in [5, 5.41) is 8.49. The van der Waals surface area contributed by atoms with E-state index in [9.17, 15) is 18.0 Å². The Morgan fingerprint density at radius 1 is 0.711 bits per heavy atom. The van der Waals surface area contributed by atoms with Crippen molar-refractivity contribution in [2.45, 2.75) is 4.90 Å². The van der Waals surface area contributed by atoms with E-state index < -0.39 is 22.1 Å². The highest BCUT2D eigenvalue weighted by molar-refractivity contribution is 7.87. The van der Waals surface area contributed by atoms with E-state index in [1.807, 2.05) is 36.4 Å². The van der Waals surface area contributed by atoms with Crippen molar-refractivity contribution in [1.29, 1.82) is 0 Å². The summed E-state index contributed by atoms with van der Waals surface area (Å²) in [5.41, 5.74) is 0.673. The zero-order valence-corrected chi connectivity index (χ0v) is 21.0. The average Bonchev–Trinajstić information content (AvgIpc) is 2.93. The van der Waals surface area contributed by atoms with Gasteiger partial charge < -0.3 is 19.6 Å². The van der Waals surface area contributed by atoms with E-state index in [-0.39, 0.29) is 21.9 Å². The summed E-state index contributed by atoms with van der Waals surface area (Å²) in [6.07, 6.45) is 0. The molecule has 190 valence electrons. The summed E-state index contributed by atoms with van der Waals surface area (Å²) in [6.45, 7) is 0. The maximum atomic E-state index is 13.2. The normalized spacial score (nSPS) is 11.2. The first-order valence-corrected chi connectivity index (χ1v) is 13.0. The van der Waals surface area contributed by atoms with E-state index in [0.717, 1.165) is 16.2 Å². The lowest BCUT2D eigenvalue weighted by molar-refractivity contribution is 0.0599. The number of amides is 2. The van der Waals surface area contributed by atoms with Gasteiger partial charge in [-0.05, 0) is 41.1 Å². The Morgan fingerprint density at radius 2 is 1.34 bits per heavy atom. The van der Waals surface area contributed by atoms with Gasteiger partial charge in [0.05, 0.1) is 12.8 Å². The van der Waals surface area contributed by atoms with Gasteiger partial charge in [0.25, 0.3) is 0 Å².